The maximum absolute atomic E-state index is 3.89. The molecule has 1 N–H and O–H groups in total. The van der Waals surface area contributed by atoms with E-state index in [0.717, 1.165) is 24.0 Å². The third kappa shape index (κ3) is 3.47. The van der Waals surface area contributed by atoms with Crippen molar-refractivity contribution in [3.63, 3.8) is 0 Å². The van der Waals surface area contributed by atoms with E-state index >= 15 is 0 Å². The van der Waals surface area contributed by atoms with Crippen molar-refractivity contribution in [3.8, 4) is 0 Å². The number of likely N-dealkylation sites (tertiary alicyclic amines) is 1. The van der Waals surface area contributed by atoms with Crippen LogP contribution >= 0.6 is 0 Å². The summed E-state index contributed by atoms with van der Waals surface area (Å²) in [7, 11) is 0. The van der Waals surface area contributed by atoms with Gasteiger partial charge in [-0.3, -0.25) is 4.90 Å². The van der Waals surface area contributed by atoms with Crippen molar-refractivity contribution in [3.05, 3.63) is 0 Å². The summed E-state index contributed by atoms with van der Waals surface area (Å²) in [5.41, 5.74) is 0.542. The molecule has 0 amide bonds. The van der Waals surface area contributed by atoms with Gasteiger partial charge in [-0.15, -0.1) is 0 Å². The van der Waals surface area contributed by atoms with Gasteiger partial charge in [-0.25, -0.2) is 0 Å². The molecule has 3 fully saturated rings. The predicted molar refractivity (Wildman–Crippen MR) is 90.6 cm³/mol. The summed E-state index contributed by atoms with van der Waals surface area (Å²) in [4.78, 5) is 2.97. The number of hydrogen-bond acceptors (Lipinski definition) is 2. The first-order valence-electron chi connectivity index (χ1n) is 9.60. The summed E-state index contributed by atoms with van der Waals surface area (Å²) in [5, 5.41) is 3.89. The molecule has 4 atom stereocenters. The van der Waals surface area contributed by atoms with Gasteiger partial charge in [0.1, 0.15) is 0 Å². The minimum absolute atomic E-state index is 0.542. The van der Waals surface area contributed by atoms with Gasteiger partial charge in [-0.2, -0.15) is 0 Å². The molecule has 0 spiro atoms. The second-order valence-electron chi connectivity index (χ2n) is 8.67. The Morgan fingerprint density at radius 2 is 1.86 bits per heavy atom. The van der Waals surface area contributed by atoms with Gasteiger partial charge in [0.25, 0.3) is 0 Å². The molecular formula is C19H36N2. The van der Waals surface area contributed by atoms with Gasteiger partial charge in [0.2, 0.25) is 0 Å². The van der Waals surface area contributed by atoms with Gasteiger partial charge >= 0.3 is 0 Å². The molecule has 2 nitrogen and oxygen atoms in total. The zero-order valence-corrected chi connectivity index (χ0v) is 14.5. The molecule has 0 bridgehead atoms. The molecule has 0 aromatic rings. The standard InChI is InChI=1S/C19H36N2/c1-4-12-20-16-10-11-19(2,3)14-18(16)21-13-6-8-15-7-5-9-17(15)21/h15-18,20H,4-14H2,1-3H3. The maximum Gasteiger partial charge on any atom is 0.0257 e. The number of nitrogens with zero attached hydrogens (tertiary/aromatic N) is 1. The van der Waals surface area contributed by atoms with Crippen LogP contribution in [-0.4, -0.2) is 36.1 Å². The smallest absolute Gasteiger partial charge is 0.0257 e. The lowest BCUT2D eigenvalue weighted by Gasteiger charge is -2.51. The first-order valence-corrected chi connectivity index (χ1v) is 9.60. The Morgan fingerprint density at radius 3 is 2.67 bits per heavy atom. The number of rotatable bonds is 4. The lowest BCUT2D eigenvalue weighted by molar-refractivity contribution is 0.00344. The molecule has 1 saturated heterocycles. The molecule has 3 rings (SSSR count). The van der Waals surface area contributed by atoms with E-state index in [1.165, 1.54) is 70.9 Å². The van der Waals surface area contributed by atoms with Gasteiger partial charge in [0.15, 0.2) is 0 Å². The van der Waals surface area contributed by atoms with E-state index in [-0.39, 0.29) is 0 Å². The molecule has 4 unspecified atom stereocenters. The summed E-state index contributed by atoms with van der Waals surface area (Å²) in [6, 6.07) is 2.46. The van der Waals surface area contributed by atoms with E-state index in [1.807, 2.05) is 0 Å². The van der Waals surface area contributed by atoms with Gasteiger partial charge in [0.05, 0.1) is 0 Å². The lowest BCUT2D eigenvalue weighted by Crippen LogP contribution is -2.59. The summed E-state index contributed by atoms with van der Waals surface area (Å²) >= 11 is 0. The number of hydrogen-bond donors (Lipinski definition) is 1. The van der Waals surface area contributed by atoms with E-state index in [0.29, 0.717) is 5.41 Å². The van der Waals surface area contributed by atoms with Crippen LogP contribution < -0.4 is 5.32 Å². The van der Waals surface area contributed by atoms with Crippen LogP contribution in [0, 0.1) is 11.3 Å². The van der Waals surface area contributed by atoms with Crippen LogP contribution in [0.25, 0.3) is 0 Å². The van der Waals surface area contributed by atoms with Crippen molar-refractivity contribution in [2.24, 2.45) is 11.3 Å². The van der Waals surface area contributed by atoms with E-state index in [4.69, 9.17) is 0 Å². The largest absolute Gasteiger partial charge is 0.312 e. The second-order valence-corrected chi connectivity index (χ2v) is 8.67. The van der Waals surface area contributed by atoms with Crippen LogP contribution in [0.2, 0.25) is 0 Å². The second kappa shape index (κ2) is 6.58. The highest BCUT2D eigenvalue weighted by molar-refractivity contribution is 5.00. The van der Waals surface area contributed by atoms with Crippen LogP contribution in [-0.2, 0) is 0 Å². The third-order valence-corrected chi connectivity index (χ3v) is 6.48. The van der Waals surface area contributed by atoms with Crippen LogP contribution in [0.15, 0.2) is 0 Å². The fourth-order valence-corrected chi connectivity index (χ4v) is 5.37. The highest BCUT2D eigenvalue weighted by atomic mass is 15.2. The molecule has 1 aliphatic heterocycles. The molecule has 0 radical (unpaired) electrons. The Bertz CT molecular complexity index is 338. The SMILES string of the molecule is CCCNC1CCC(C)(C)CC1N1CCCC2CCCC21. The summed E-state index contributed by atoms with van der Waals surface area (Å²) in [6.07, 6.45) is 12.8. The molecule has 21 heavy (non-hydrogen) atoms. The topological polar surface area (TPSA) is 15.3 Å². The highest BCUT2D eigenvalue weighted by Gasteiger charge is 2.44. The number of piperidine rings is 1. The Balaban J connectivity index is 1.73. The van der Waals surface area contributed by atoms with Crippen molar-refractivity contribution in [2.75, 3.05) is 13.1 Å². The Morgan fingerprint density at radius 1 is 1.05 bits per heavy atom. The van der Waals surface area contributed by atoms with Crippen molar-refractivity contribution in [1.82, 2.24) is 10.2 Å². The fourth-order valence-electron chi connectivity index (χ4n) is 5.37. The van der Waals surface area contributed by atoms with Crippen molar-refractivity contribution < 1.29 is 0 Å². The zero-order chi connectivity index (χ0) is 14.9. The zero-order valence-electron chi connectivity index (χ0n) is 14.5. The average molecular weight is 293 g/mol. The normalized spacial score (nSPS) is 40.1. The van der Waals surface area contributed by atoms with E-state index in [1.54, 1.807) is 0 Å². The summed E-state index contributed by atoms with van der Waals surface area (Å²) in [5.74, 6) is 1.02. The van der Waals surface area contributed by atoms with E-state index in [2.05, 4.69) is 31.0 Å². The minimum atomic E-state index is 0.542. The molecule has 122 valence electrons. The Kier molecular flexibility index (Phi) is 4.95. The van der Waals surface area contributed by atoms with E-state index < -0.39 is 0 Å². The maximum atomic E-state index is 3.89. The van der Waals surface area contributed by atoms with E-state index in [9.17, 15) is 0 Å². The molecule has 2 aliphatic carbocycles. The third-order valence-electron chi connectivity index (χ3n) is 6.48. The molecule has 3 aliphatic rings. The van der Waals surface area contributed by atoms with Crippen molar-refractivity contribution >= 4 is 0 Å². The highest BCUT2D eigenvalue weighted by Crippen LogP contribution is 2.43. The lowest BCUT2D eigenvalue weighted by atomic mass is 9.71. The Labute approximate surface area is 132 Å². The number of fused-ring (bicyclic) bond motifs is 1. The fraction of sp³-hybridized carbons (Fsp3) is 1.00. The molecule has 2 saturated carbocycles. The van der Waals surface area contributed by atoms with Crippen LogP contribution in [0.5, 0.6) is 0 Å². The first kappa shape index (κ1) is 15.8. The molecule has 0 aromatic carbocycles. The quantitative estimate of drug-likeness (QED) is 0.835. The molecular weight excluding hydrogens is 256 g/mol. The monoisotopic (exact) mass is 292 g/mol. The van der Waals surface area contributed by atoms with Crippen LogP contribution in [0.3, 0.4) is 0 Å². The van der Waals surface area contributed by atoms with Crippen molar-refractivity contribution in [2.45, 2.75) is 96.7 Å². The van der Waals surface area contributed by atoms with Gasteiger partial charge < -0.3 is 5.32 Å². The van der Waals surface area contributed by atoms with Crippen LogP contribution in [0.1, 0.15) is 78.6 Å². The van der Waals surface area contributed by atoms with Gasteiger partial charge in [-0.05, 0) is 75.8 Å². The van der Waals surface area contributed by atoms with Crippen molar-refractivity contribution in [1.29, 1.82) is 0 Å². The molecule has 0 aromatic heterocycles. The Hall–Kier alpha value is -0.0800. The van der Waals surface area contributed by atoms with Gasteiger partial charge in [-0.1, -0.05) is 27.2 Å². The molecule has 2 heteroatoms. The molecule has 1 heterocycles. The first-order chi connectivity index (χ1) is 10.1. The summed E-state index contributed by atoms with van der Waals surface area (Å²) in [6.45, 7) is 9.84. The minimum Gasteiger partial charge on any atom is -0.312 e. The number of nitrogens with one attached hydrogen (secondary N) is 1. The average Bonchev–Trinajstić information content (AvgIpc) is 2.93. The van der Waals surface area contributed by atoms with Crippen LogP contribution in [0.4, 0.5) is 0 Å². The predicted octanol–water partition coefficient (Wildman–Crippen LogP) is 4.20. The van der Waals surface area contributed by atoms with Gasteiger partial charge in [0, 0.05) is 18.1 Å². The summed E-state index contributed by atoms with van der Waals surface area (Å²) < 4.78 is 0.